The topological polar surface area (TPSA) is 86.7 Å². The Kier molecular flexibility index (Phi) is 11.3. The van der Waals surface area contributed by atoms with Gasteiger partial charge in [0.25, 0.3) is 0 Å². The summed E-state index contributed by atoms with van der Waals surface area (Å²) in [5.74, 6) is 0.770. The average Bonchev–Trinajstić information content (AvgIpc) is 2.68. The number of hydrogen-bond donors (Lipinski definition) is 2. The van der Waals surface area contributed by atoms with E-state index in [2.05, 4.69) is 5.32 Å². The van der Waals surface area contributed by atoms with Crippen molar-refractivity contribution in [3.63, 3.8) is 0 Å². The number of nitrogens with zero attached hydrogens (tertiary/aromatic N) is 1. The molecular formula is C23H34ClN2O4S. The van der Waals surface area contributed by atoms with E-state index in [0.717, 1.165) is 44.4 Å². The van der Waals surface area contributed by atoms with E-state index in [1.807, 2.05) is 0 Å². The number of phenolic OH excluding ortho intramolecular Hbond substituents is 1. The zero-order valence-electron chi connectivity index (χ0n) is 18.1. The van der Waals surface area contributed by atoms with E-state index < -0.39 is 10.0 Å². The van der Waals surface area contributed by atoms with Crippen molar-refractivity contribution in [3.8, 4) is 5.75 Å². The lowest BCUT2D eigenvalue weighted by atomic mass is 9.90. The monoisotopic (exact) mass is 469 g/mol. The summed E-state index contributed by atoms with van der Waals surface area (Å²) in [6, 6.07) is 3.66. The SMILES string of the molecule is O=C(NCC1CCCCN1S(=O)(=O)c1ccc(O)c(Cl)c1)[C]1CCCCCCC1.[CH2].[CH2]. The van der Waals surface area contributed by atoms with Gasteiger partial charge in [0.15, 0.2) is 0 Å². The number of sulfonamides is 1. The van der Waals surface area contributed by atoms with E-state index >= 15 is 0 Å². The van der Waals surface area contributed by atoms with Crippen molar-refractivity contribution in [1.82, 2.24) is 9.62 Å². The third-order valence-electron chi connectivity index (χ3n) is 5.88. The Balaban J connectivity index is 0.00000240. The van der Waals surface area contributed by atoms with E-state index in [9.17, 15) is 18.3 Å². The molecular weight excluding hydrogens is 436 g/mol. The van der Waals surface area contributed by atoms with Crippen LogP contribution in [-0.4, -0.2) is 42.9 Å². The molecule has 0 aromatic heterocycles. The number of phenols is 1. The molecule has 2 N–H and O–H groups in total. The van der Waals surface area contributed by atoms with Crippen molar-refractivity contribution in [2.24, 2.45) is 0 Å². The minimum Gasteiger partial charge on any atom is -0.506 e. The lowest BCUT2D eigenvalue weighted by molar-refractivity contribution is -0.120. The van der Waals surface area contributed by atoms with E-state index in [0.29, 0.717) is 19.5 Å². The lowest BCUT2D eigenvalue weighted by Gasteiger charge is -2.35. The molecule has 1 aromatic carbocycles. The maximum absolute atomic E-state index is 13.2. The molecule has 1 aromatic rings. The first-order chi connectivity index (χ1) is 13.9. The van der Waals surface area contributed by atoms with Gasteiger partial charge in [-0.1, -0.05) is 65.0 Å². The van der Waals surface area contributed by atoms with Crippen LogP contribution in [-0.2, 0) is 14.8 Å². The van der Waals surface area contributed by atoms with Crippen molar-refractivity contribution in [1.29, 1.82) is 0 Å². The molecule has 2 fully saturated rings. The highest BCUT2D eigenvalue weighted by atomic mass is 35.5. The maximum Gasteiger partial charge on any atom is 0.243 e. The summed E-state index contributed by atoms with van der Waals surface area (Å²) < 4.78 is 27.8. The molecule has 1 aliphatic heterocycles. The number of carbonyl (C=O) groups excluding carboxylic acids is 1. The third kappa shape index (κ3) is 7.09. The first-order valence-corrected chi connectivity index (χ1v) is 12.3. The Morgan fingerprint density at radius 2 is 1.71 bits per heavy atom. The number of halogens is 1. The van der Waals surface area contributed by atoms with Crippen LogP contribution in [0.5, 0.6) is 5.75 Å². The minimum absolute atomic E-state index is 0. The summed E-state index contributed by atoms with van der Waals surface area (Å²) >= 11 is 5.92. The van der Waals surface area contributed by atoms with Gasteiger partial charge in [-0.05, 0) is 43.9 Å². The van der Waals surface area contributed by atoms with Crippen molar-refractivity contribution < 1.29 is 18.3 Å². The smallest absolute Gasteiger partial charge is 0.243 e. The molecule has 0 bridgehead atoms. The second-order valence-corrected chi connectivity index (χ2v) is 10.3. The van der Waals surface area contributed by atoms with Gasteiger partial charge in [-0.25, -0.2) is 8.42 Å². The van der Waals surface area contributed by atoms with Gasteiger partial charge in [0.1, 0.15) is 5.75 Å². The van der Waals surface area contributed by atoms with Crippen LogP contribution in [0.4, 0.5) is 0 Å². The fraction of sp³-hybridized carbons (Fsp3) is 0.565. The Hall–Kier alpha value is -1.31. The van der Waals surface area contributed by atoms with Crippen molar-refractivity contribution >= 4 is 27.5 Å². The van der Waals surface area contributed by atoms with Gasteiger partial charge in [0.2, 0.25) is 15.9 Å². The van der Waals surface area contributed by atoms with Gasteiger partial charge in [0, 0.05) is 19.1 Å². The Morgan fingerprint density at radius 1 is 1.06 bits per heavy atom. The maximum atomic E-state index is 13.2. The van der Waals surface area contributed by atoms with Crippen LogP contribution in [0.2, 0.25) is 5.02 Å². The number of nitrogens with one attached hydrogen (secondary N) is 1. The largest absolute Gasteiger partial charge is 0.506 e. The molecule has 6 nitrogen and oxygen atoms in total. The lowest BCUT2D eigenvalue weighted by Crippen LogP contribution is -2.49. The normalized spacial score (nSPS) is 21.1. The van der Waals surface area contributed by atoms with Gasteiger partial charge in [-0.3, -0.25) is 4.79 Å². The summed E-state index contributed by atoms with van der Waals surface area (Å²) in [4.78, 5) is 12.7. The molecule has 1 amide bonds. The second kappa shape index (κ2) is 12.7. The molecule has 1 saturated heterocycles. The minimum atomic E-state index is -3.75. The van der Waals surface area contributed by atoms with Crippen LogP contribution in [0.1, 0.15) is 64.2 Å². The predicted molar refractivity (Wildman–Crippen MR) is 124 cm³/mol. The fourth-order valence-electron chi connectivity index (χ4n) is 4.17. The molecule has 1 heterocycles. The summed E-state index contributed by atoms with van der Waals surface area (Å²) in [5.41, 5.74) is 0. The van der Waals surface area contributed by atoms with E-state index in [4.69, 9.17) is 11.6 Å². The quantitative estimate of drug-likeness (QED) is 0.655. The molecule has 2 aliphatic rings. The van der Waals surface area contributed by atoms with Crippen LogP contribution in [0.15, 0.2) is 23.1 Å². The van der Waals surface area contributed by atoms with Crippen LogP contribution < -0.4 is 5.32 Å². The molecule has 1 atom stereocenters. The summed E-state index contributed by atoms with van der Waals surface area (Å²) in [7, 11) is -3.75. The highest BCUT2D eigenvalue weighted by Gasteiger charge is 2.34. The van der Waals surface area contributed by atoms with Crippen molar-refractivity contribution in [3.05, 3.63) is 44.0 Å². The molecule has 8 heteroatoms. The van der Waals surface area contributed by atoms with Gasteiger partial charge in [-0.2, -0.15) is 4.31 Å². The summed E-state index contributed by atoms with van der Waals surface area (Å²) in [6.07, 6.45) is 9.77. The van der Waals surface area contributed by atoms with Gasteiger partial charge in [-0.15, -0.1) is 0 Å². The number of piperidine rings is 1. The first-order valence-electron chi connectivity index (χ1n) is 10.5. The van der Waals surface area contributed by atoms with E-state index in [1.165, 1.54) is 41.8 Å². The van der Waals surface area contributed by atoms with E-state index in [-0.39, 0.29) is 42.5 Å². The molecule has 3 rings (SSSR count). The van der Waals surface area contributed by atoms with Gasteiger partial charge < -0.3 is 10.4 Å². The van der Waals surface area contributed by atoms with Crippen LogP contribution >= 0.6 is 11.6 Å². The summed E-state index contributed by atoms with van der Waals surface area (Å²) in [6.45, 7) is 0.727. The number of amides is 1. The Labute approximate surface area is 193 Å². The fourth-order valence-corrected chi connectivity index (χ4v) is 6.14. The zero-order valence-corrected chi connectivity index (χ0v) is 19.7. The van der Waals surface area contributed by atoms with Crippen LogP contribution in [0.3, 0.4) is 0 Å². The van der Waals surface area contributed by atoms with Gasteiger partial charge in [0.05, 0.1) is 15.8 Å². The first kappa shape index (κ1) is 27.7. The highest BCUT2D eigenvalue weighted by Crippen LogP contribution is 2.30. The number of carbonyl (C=O) groups is 1. The molecule has 5 radical (unpaired) electrons. The van der Waals surface area contributed by atoms with Gasteiger partial charge >= 0.3 is 0 Å². The highest BCUT2D eigenvalue weighted by molar-refractivity contribution is 7.89. The molecule has 31 heavy (non-hydrogen) atoms. The summed E-state index contributed by atoms with van der Waals surface area (Å²) in [5, 5.41) is 12.6. The van der Waals surface area contributed by atoms with Crippen LogP contribution in [0.25, 0.3) is 0 Å². The molecule has 1 aliphatic carbocycles. The molecule has 1 unspecified atom stereocenters. The predicted octanol–water partition coefficient (Wildman–Crippen LogP) is 4.68. The van der Waals surface area contributed by atoms with E-state index in [1.54, 1.807) is 0 Å². The van der Waals surface area contributed by atoms with Crippen LogP contribution in [0, 0.1) is 20.8 Å². The number of benzene rings is 1. The van der Waals surface area contributed by atoms with Crippen molar-refractivity contribution in [2.45, 2.75) is 75.1 Å². The Morgan fingerprint density at radius 3 is 2.35 bits per heavy atom. The number of rotatable bonds is 5. The number of hydrogen-bond acceptors (Lipinski definition) is 4. The zero-order chi connectivity index (χ0) is 20.9. The standard InChI is InChI=1S/C21H30ClN2O4S.2CH2/c22-19-14-18(11-12-20(19)25)29(27,28)24-13-7-6-10-17(24)15-23-21(26)16-8-4-2-1-3-5-9-16;;/h11-12,14,17,25H,1-10,13,15H2,(H,23,26);2*1H2. The number of aromatic hydroxyl groups is 1. The molecule has 0 spiro atoms. The molecule has 173 valence electrons. The Bertz CT molecular complexity index is 808. The molecule has 1 saturated carbocycles. The second-order valence-electron chi connectivity index (χ2n) is 7.96. The average molecular weight is 470 g/mol. The third-order valence-corrected chi connectivity index (χ3v) is 8.13. The van der Waals surface area contributed by atoms with Crippen molar-refractivity contribution in [2.75, 3.05) is 13.1 Å².